The van der Waals surface area contributed by atoms with Gasteiger partial charge in [0.25, 0.3) is 0 Å². The lowest BCUT2D eigenvalue weighted by atomic mass is 9.95. The van der Waals surface area contributed by atoms with E-state index in [1.54, 1.807) is 6.07 Å². The lowest BCUT2D eigenvalue weighted by Gasteiger charge is -2.31. The van der Waals surface area contributed by atoms with Gasteiger partial charge in [-0.3, -0.25) is 9.59 Å². The minimum atomic E-state index is -4.56. The molecule has 4 atom stereocenters. The van der Waals surface area contributed by atoms with Gasteiger partial charge in [-0.1, -0.05) is 37.1 Å². The minimum absolute atomic E-state index is 0.0300. The Morgan fingerprint density at radius 1 is 1.10 bits per heavy atom. The number of carboxylic acid groups (broad SMARTS) is 1. The third-order valence-electron chi connectivity index (χ3n) is 8.61. The van der Waals surface area contributed by atoms with E-state index in [-0.39, 0.29) is 62.7 Å². The van der Waals surface area contributed by atoms with Crippen LogP contribution in [0.4, 0.5) is 18.0 Å². The van der Waals surface area contributed by atoms with E-state index in [1.165, 1.54) is 15.9 Å². The highest BCUT2D eigenvalue weighted by molar-refractivity contribution is 5.94. The van der Waals surface area contributed by atoms with Gasteiger partial charge in [0.05, 0.1) is 12.1 Å². The lowest BCUT2D eigenvalue weighted by Crippen LogP contribution is -2.53. The summed E-state index contributed by atoms with van der Waals surface area (Å²) >= 11 is 0. The van der Waals surface area contributed by atoms with E-state index in [9.17, 15) is 37.5 Å². The normalized spacial score (nSPS) is 29.7. The van der Waals surface area contributed by atoms with E-state index in [4.69, 9.17) is 4.74 Å². The Morgan fingerprint density at radius 3 is 2.63 bits per heavy atom. The second-order valence-electron chi connectivity index (χ2n) is 11.4. The molecule has 41 heavy (non-hydrogen) atoms. The number of rotatable bonds is 2. The van der Waals surface area contributed by atoms with Crippen LogP contribution in [0.3, 0.4) is 0 Å². The minimum Gasteiger partial charge on any atom is -0.479 e. The molecule has 1 saturated heterocycles. The summed E-state index contributed by atoms with van der Waals surface area (Å²) < 4.78 is 46.4. The third-order valence-corrected chi connectivity index (χ3v) is 8.61. The zero-order valence-corrected chi connectivity index (χ0v) is 22.6. The summed E-state index contributed by atoms with van der Waals surface area (Å²) in [5.74, 6) is -2.40. The van der Waals surface area contributed by atoms with Crippen LogP contribution in [0, 0.1) is 5.92 Å². The van der Waals surface area contributed by atoms with Gasteiger partial charge in [-0.05, 0) is 49.3 Å². The van der Waals surface area contributed by atoms with E-state index >= 15 is 0 Å². The van der Waals surface area contributed by atoms with E-state index < -0.39 is 47.4 Å². The van der Waals surface area contributed by atoms with Crippen LogP contribution in [0.15, 0.2) is 30.4 Å². The summed E-state index contributed by atoms with van der Waals surface area (Å²) in [5, 5.41) is 12.5. The SMILES string of the molecule is O=C1N[C@]2(C(=O)O)C[C@H]2/C=C\CCCCCCC(=O)N2C[C@H](OC(=O)N3CCc4cccc(C(F)(F)F)c4C3)C[C@@H]12. The van der Waals surface area contributed by atoms with E-state index in [0.717, 1.165) is 31.7 Å². The Morgan fingerprint density at radius 2 is 1.88 bits per heavy atom. The van der Waals surface area contributed by atoms with Crippen LogP contribution in [-0.2, 0) is 38.3 Å². The van der Waals surface area contributed by atoms with Crippen LogP contribution >= 0.6 is 0 Å². The van der Waals surface area contributed by atoms with E-state index in [0.29, 0.717) is 12.0 Å². The number of hydrogen-bond acceptors (Lipinski definition) is 5. The number of carbonyl (C=O) groups is 4. The predicted molar refractivity (Wildman–Crippen MR) is 139 cm³/mol. The summed E-state index contributed by atoms with van der Waals surface area (Å²) in [6.45, 7) is -0.147. The van der Waals surface area contributed by atoms with Crippen LogP contribution in [0.25, 0.3) is 0 Å². The van der Waals surface area contributed by atoms with Crippen LogP contribution < -0.4 is 5.32 Å². The Bertz CT molecular complexity index is 1250. The van der Waals surface area contributed by atoms with Gasteiger partial charge >= 0.3 is 18.2 Å². The maximum absolute atomic E-state index is 13.6. The molecule has 0 aromatic heterocycles. The molecule has 1 saturated carbocycles. The first-order valence-electron chi connectivity index (χ1n) is 14.1. The third kappa shape index (κ3) is 6.06. The summed E-state index contributed by atoms with van der Waals surface area (Å²) in [6, 6.07) is 2.94. The summed E-state index contributed by atoms with van der Waals surface area (Å²) in [4.78, 5) is 54.2. The quantitative estimate of drug-likeness (QED) is 0.513. The Labute approximate surface area is 235 Å². The molecule has 3 amide bonds. The number of nitrogens with zero attached hydrogens (tertiary/aromatic N) is 2. The Kier molecular flexibility index (Phi) is 8.02. The Hall–Kier alpha value is -3.57. The second kappa shape index (κ2) is 11.4. The van der Waals surface area contributed by atoms with E-state index in [2.05, 4.69) is 5.32 Å². The maximum atomic E-state index is 13.6. The highest BCUT2D eigenvalue weighted by atomic mass is 19.4. The molecule has 5 rings (SSSR count). The second-order valence-corrected chi connectivity index (χ2v) is 11.4. The van der Waals surface area contributed by atoms with Crippen molar-refractivity contribution in [2.75, 3.05) is 13.1 Å². The van der Waals surface area contributed by atoms with Crippen molar-refractivity contribution in [2.24, 2.45) is 5.92 Å². The number of nitrogens with one attached hydrogen (secondary N) is 1. The van der Waals surface area contributed by atoms with Crippen molar-refractivity contribution >= 4 is 23.9 Å². The summed E-state index contributed by atoms with van der Waals surface area (Å²) in [6.07, 6.45) is 2.30. The van der Waals surface area contributed by atoms with Gasteiger partial charge in [0.2, 0.25) is 11.8 Å². The molecule has 222 valence electrons. The monoisotopic (exact) mass is 577 g/mol. The number of benzene rings is 1. The number of fused-ring (bicyclic) bond motifs is 3. The molecular weight excluding hydrogens is 543 g/mol. The van der Waals surface area contributed by atoms with Gasteiger partial charge in [-0.25, -0.2) is 9.59 Å². The molecule has 12 heteroatoms. The molecule has 2 N–H and O–H groups in total. The first-order valence-corrected chi connectivity index (χ1v) is 14.1. The van der Waals surface area contributed by atoms with Crippen molar-refractivity contribution in [2.45, 2.75) is 88.2 Å². The molecule has 1 aliphatic carbocycles. The lowest BCUT2D eigenvalue weighted by molar-refractivity contribution is -0.145. The molecule has 0 spiro atoms. The summed E-state index contributed by atoms with van der Waals surface area (Å²) in [5.41, 5.74) is -1.67. The number of carboxylic acids is 1. The molecule has 3 heterocycles. The maximum Gasteiger partial charge on any atom is 0.416 e. The van der Waals surface area contributed by atoms with Gasteiger partial charge < -0.3 is 25.0 Å². The Balaban J connectivity index is 1.30. The molecule has 1 aromatic carbocycles. The molecule has 0 unspecified atom stereocenters. The molecular formula is C29H34F3N3O6. The number of alkyl halides is 3. The zero-order chi connectivity index (χ0) is 29.4. The average Bonchev–Trinajstić information content (AvgIpc) is 3.46. The first-order chi connectivity index (χ1) is 19.5. The molecule has 2 fully saturated rings. The van der Waals surface area contributed by atoms with Crippen molar-refractivity contribution in [3.05, 3.63) is 47.0 Å². The standard InChI is InChI=1S/C29H34F3N3O6/c30-29(31,32)22-10-7-8-18-12-13-34(17-21(18)22)27(40)41-20-14-23-25(37)33-28(26(38)39)15-19(28)9-5-3-1-2-4-6-11-24(36)35(23)16-20/h5,7-10,19-20,23H,1-4,6,11-17H2,(H,33,37)(H,38,39)/b9-5-/t19-,20-,23+,28-/m1/s1. The van der Waals surface area contributed by atoms with Gasteiger partial charge in [0.1, 0.15) is 17.7 Å². The molecule has 9 nitrogen and oxygen atoms in total. The number of allylic oxidation sites excluding steroid dienone is 1. The molecule has 0 bridgehead atoms. The van der Waals surface area contributed by atoms with Crippen molar-refractivity contribution in [1.29, 1.82) is 0 Å². The van der Waals surface area contributed by atoms with Crippen LogP contribution in [0.5, 0.6) is 0 Å². The van der Waals surface area contributed by atoms with Crippen molar-refractivity contribution < 1.29 is 42.2 Å². The largest absolute Gasteiger partial charge is 0.479 e. The van der Waals surface area contributed by atoms with Gasteiger partial charge in [0, 0.05) is 31.8 Å². The highest BCUT2D eigenvalue weighted by Gasteiger charge is 2.61. The number of ether oxygens (including phenoxy) is 1. The highest BCUT2D eigenvalue weighted by Crippen LogP contribution is 2.45. The van der Waals surface area contributed by atoms with Crippen LogP contribution in [0.2, 0.25) is 0 Å². The van der Waals surface area contributed by atoms with Crippen molar-refractivity contribution in [3.8, 4) is 0 Å². The topological polar surface area (TPSA) is 116 Å². The molecule has 3 aliphatic heterocycles. The zero-order valence-electron chi connectivity index (χ0n) is 22.6. The number of hydrogen-bond donors (Lipinski definition) is 2. The number of carbonyl (C=O) groups excluding carboxylic acids is 3. The van der Waals surface area contributed by atoms with Crippen molar-refractivity contribution in [3.63, 3.8) is 0 Å². The number of halogens is 3. The fourth-order valence-electron chi connectivity index (χ4n) is 6.19. The first kappa shape index (κ1) is 28.9. The number of amides is 3. The molecule has 4 aliphatic rings. The average molecular weight is 578 g/mol. The van der Waals surface area contributed by atoms with Gasteiger partial charge in [-0.15, -0.1) is 0 Å². The van der Waals surface area contributed by atoms with Crippen LogP contribution in [-0.4, -0.2) is 69.6 Å². The summed E-state index contributed by atoms with van der Waals surface area (Å²) in [7, 11) is 0. The fraction of sp³-hybridized carbons (Fsp3) is 0.586. The van der Waals surface area contributed by atoms with Crippen LogP contribution in [0.1, 0.15) is 68.1 Å². The smallest absolute Gasteiger partial charge is 0.416 e. The van der Waals surface area contributed by atoms with Crippen molar-refractivity contribution in [1.82, 2.24) is 15.1 Å². The molecule has 1 aromatic rings. The van der Waals surface area contributed by atoms with E-state index in [1.807, 2.05) is 12.2 Å². The fourth-order valence-corrected chi connectivity index (χ4v) is 6.19. The number of aliphatic carboxylic acids is 1. The van der Waals surface area contributed by atoms with Gasteiger partial charge in [0.15, 0.2) is 0 Å². The predicted octanol–water partition coefficient (Wildman–Crippen LogP) is 4.04. The van der Waals surface area contributed by atoms with Gasteiger partial charge in [-0.2, -0.15) is 13.2 Å². The molecule has 0 radical (unpaired) electrons.